The summed E-state index contributed by atoms with van der Waals surface area (Å²) >= 11 is 0. The van der Waals surface area contributed by atoms with Gasteiger partial charge in [0.2, 0.25) is 0 Å². The lowest BCUT2D eigenvalue weighted by molar-refractivity contribution is -0.140. The lowest BCUT2D eigenvalue weighted by atomic mass is 9.69. The van der Waals surface area contributed by atoms with Crippen LogP contribution >= 0.6 is 0 Å². The molecule has 3 rings (SSSR count). The molecular formula is C29H44O4. The predicted molar refractivity (Wildman–Crippen MR) is 132 cm³/mol. The molecule has 4 heteroatoms. The Labute approximate surface area is 200 Å². The first-order chi connectivity index (χ1) is 16.1. The van der Waals surface area contributed by atoms with E-state index in [1.807, 2.05) is 0 Å². The van der Waals surface area contributed by atoms with Crippen LogP contribution in [0.1, 0.15) is 110 Å². The minimum absolute atomic E-state index is 0.0123. The van der Waals surface area contributed by atoms with Crippen molar-refractivity contribution >= 4 is 11.9 Å². The van der Waals surface area contributed by atoms with Crippen molar-refractivity contribution in [1.29, 1.82) is 0 Å². The maximum absolute atomic E-state index is 12.7. The highest BCUT2D eigenvalue weighted by molar-refractivity contribution is 5.75. The van der Waals surface area contributed by atoms with Crippen LogP contribution in [0, 0.1) is 23.7 Å². The van der Waals surface area contributed by atoms with Crippen LogP contribution in [0.15, 0.2) is 24.3 Å². The third kappa shape index (κ3) is 8.46. The molecule has 1 aromatic rings. The Morgan fingerprint density at radius 3 is 1.88 bits per heavy atom. The predicted octanol–water partition coefficient (Wildman–Crippen LogP) is 7.88. The van der Waals surface area contributed by atoms with E-state index in [0.29, 0.717) is 17.9 Å². The summed E-state index contributed by atoms with van der Waals surface area (Å²) in [7, 11) is 0. The van der Waals surface area contributed by atoms with Crippen LogP contribution in [0.5, 0.6) is 11.5 Å². The lowest BCUT2D eigenvalue weighted by Crippen LogP contribution is -2.30. The normalized spacial score (nSPS) is 25.4. The van der Waals surface area contributed by atoms with Crippen molar-refractivity contribution in [2.45, 2.75) is 110 Å². The van der Waals surface area contributed by atoms with Gasteiger partial charge in [0, 0.05) is 6.42 Å². The highest BCUT2D eigenvalue weighted by atomic mass is 16.5. The highest BCUT2D eigenvalue weighted by Gasteiger charge is 2.33. The molecule has 2 fully saturated rings. The number of ether oxygens (including phenoxy) is 2. The maximum Gasteiger partial charge on any atom is 0.314 e. The van der Waals surface area contributed by atoms with Crippen LogP contribution in [0.4, 0.5) is 0 Å². The molecule has 0 bridgehead atoms. The first kappa shape index (κ1) is 25.8. The third-order valence-electron chi connectivity index (χ3n) is 7.87. The number of esters is 2. The molecule has 0 amide bonds. The topological polar surface area (TPSA) is 52.6 Å². The Morgan fingerprint density at radius 2 is 1.30 bits per heavy atom. The average molecular weight is 457 g/mol. The maximum atomic E-state index is 12.7. The second-order valence-corrected chi connectivity index (χ2v) is 10.4. The summed E-state index contributed by atoms with van der Waals surface area (Å²) in [6, 6.07) is 6.85. The molecule has 2 aliphatic carbocycles. The van der Waals surface area contributed by atoms with Gasteiger partial charge in [-0.15, -0.1) is 0 Å². The molecule has 2 saturated carbocycles. The summed E-state index contributed by atoms with van der Waals surface area (Å²) in [6.45, 7) is 4.45. The summed E-state index contributed by atoms with van der Waals surface area (Å²) in [5.41, 5.74) is 0. The number of unbranched alkanes of at least 4 members (excludes halogenated alkanes) is 3. The fourth-order valence-electron chi connectivity index (χ4n) is 5.84. The number of carbonyl (C=O) groups is 2. The van der Waals surface area contributed by atoms with Crippen molar-refractivity contribution in [2.24, 2.45) is 23.7 Å². The van der Waals surface area contributed by atoms with Gasteiger partial charge in [0.05, 0.1) is 5.92 Å². The van der Waals surface area contributed by atoms with Crippen LogP contribution in [-0.4, -0.2) is 11.9 Å². The second-order valence-electron chi connectivity index (χ2n) is 10.4. The van der Waals surface area contributed by atoms with Crippen LogP contribution in [0.2, 0.25) is 0 Å². The molecule has 0 heterocycles. The summed E-state index contributed by atoms with van der Waals surface area (Å²) < 4.78 is 11.0. The minimum atomic E-state index is -0.202. The largest absolute Gasteiger partial charge is 0.427 e. The van der Waals surface area contributed by atoms with E-state index in [4.69, 9.17) is 9.47 Å². The lowest BCUT2D eigenvalue weighted by Gasteiger charge is -2.37. The van der Waals surface area contributed by atoms with Crippen LogP contribution in [-0.2, 0) is 9.59 Å². The molecule has 0 aliphatic heterocycles. The van der Waals surface area contributed by atoms with Crippen molar-refractivity contribution in [3.8, 4) is 11.5 Å². The second kappa shape index (κ2) is 13.8. The Bertz CT molecular complexity index is 710. The smallest absolute Gasteiger partial charge is 0.314 e. The van der Waals surface area contributed by atoms with Crippen LogP contribution < -0.4 is 9.47 Å². The Hall–Kier alpha value is -1.84. The highest BCUT2D eigenvalue weighted by Crippen LogP contribution is 2.42. The molecule has 0 aromatic heterocycles. The van der Waals surface area contributed by atoms with Gasteiger partial charge in [-0.2, -0.15) is 0 Å². The zero-order chi connectivity index (χ0) is 23.5. The van der Waals surface area contributed by atoms with Crippen LogP contribution in [0.3, 0.4) is 0 Å². The van der Waals surface area contributed by atoms with Crippen molar-refractivity contribution in [3.63, 3.8) is 0 Å². The van der Waals surface area contributed by atoms with Crippen molar-refractivity contribution in [3.05, 3.63) is 24.3 Å². The molecule has 0 atom stereocenters. The van der Waals surface area contributed by atoms with Gasteiger partial charge in [-0.25, -0.2) is 0 Å². The molecule has 33 heavy (non-hydrogen) atoms. The number of rotatable bonds is 11. The summed E-state index contributed by atoms with van der Waals surface area (Å²) in [5, 5.41) is 0. The molecule has 1 aromatic carbocycles. The fourth-order valence-corrected chi connectivity index (χ4v) is 5.84. The molecule has 0 saturated heterocycles. The van der Waals surface area contributed by atoms with E-state index in [1.165, 1.54) is 38.5 Å². The minimum Gasteiger partial charge on any atom is -0.427 e. The van der Waals surface area contributed by atoms with Crippen molar-refractivity contribution in [1.82, 2.24) is 0 Å². The summed E-state index contributed by atoms with van der Waals surface area (Å²) in [6.07, 6.45) is 17.2. The molecular weight excluding hydrogens is 412 g/mol. The van der Waals surface area contributed by atoms with Gasteiger partial charge in [0.15, 0.2) is 0 Å². The molecule has 0 radical (unpaired) electrons. The first-order valence-electron chi connectivity index (χ1n) is 13.6. The molecule has 0 unspecified atom stereocenters. The quantitative estimate of drug-likeness (QED) is 0.193. The van der Waals surface area contributed by atoms with Gasteiger partial charge in [-0.1, -0.05) is 58.8 Å². The molecule has 2 aliphatic rings. The van der Waals surface area contributed by atoms with Gasteiger partial charge < -0.3 is 9.47 Å². The molecule has 0 N–H and O–H groups in total. The standard InChI is InChI=1S/C29H44O4/c1-3-5-6-7-9-28(30)32-26-18-20-27(21-19-26)33-29(31)25-16-14-24(15-17-25)23-12-10-22(8-4-2)11-13-23/h18-25H,3-17H2,1-2H3. The summed E-state index contributed by atoms with van der Waals surface area (Å²) in [4.78, 5) is 24.6. The average Bonchev–Trinajstić information content (AvgIpc) is 2.84. The SMILES string of the molecule is CCCCCCC(=O)Oc1ccc(OC(=O)C2CCC(C3CCC(CCC)CC3)CC2)cc1. The van der Waals surface area contributed by atoms with E-state index in [-0.39, 0.29) is 17.9 Å². The van der Waals surface area contributed by atoms with E-state index < -0.39 is 0 Å². The van der Waals surface area contributed by atoms with Gasteiger partial charge in [0.25, 0.3) is 0 Å². The zero-order valence-corrected chi connectivity index (χ0v) is 20.9. The van der Waals surface area contributed by atoms with Gasteiger partial charge in [0.1, 0.15) is 11.5 Å². The van der Waals surface area contributed by atoms with Crippen molar-refractivity contribution in [2.75, 3.05) is 0 Å². The Balaban J connectivity index is 1.36. The number of benzene rings is 1. The van der Waals surface area contributed by atoms with E-state index in [0.717, 1.165) is 69.1 Å². The van der Waals surface area contributed by atoms with Gasteiger partial charge in [-0.3, -0.25) is 9.59 Å². The molecule has 4 nitrogen and oxygen atoms in total. The van der Waals surface area contributed by atoms with E-state index in [2.05, 4.69) is 13.8 Å². The number of hydrogen-bond acceptors (Lipinski definition) is 4. The zero-order valence-electron chi connectivity index (χ0n) is 20.9. The van der Waals surface area contributed by atoms with E-state index >= 15 is 0 Å². The van der Waals surface area contributed by atoms with Gasteiger partial charge in [-0.05, 0) is 87.0 Å². The fraction of sp³-hybridized carbons (Fsp3) is 0.724. The third-order valence-corrected chi connectivity index (χ3v) is 7.87. The Morgan fingerprint density at radius 1 is 0.727 bits per heavy atom. The Kier molecular flexibility index (Phi) is 10.8. The molecule has 0 spiro atoms. The van der Waals surface area contributed by atoms with Crippen LogP contribution in [0.25, 0.3) is 0 Å². The number of hydrogen-bond donors (Lipinski definition) is 0. The monoisotopic (exact) mass is 456 g/mol. The molecule has 184 valence electrons. The van der Waals surface area contributed by atoms with E-state index in [1.54, 1.807) is 24.3 Å². The first-order valence-corrected chi connectivity index (χ1v) is 13.6. The summed E-state index contributed by atoms with van der Waals surface area (Å²) in [5.74, 6) is 3.36. The van der Waals surface area contributed by atoms with Gasteiger partial charge >= 0.3 is 11.9 Å². The van der Waals surface area contributed by atoms with E-state index in [9.17, 15) is 9.59 Å². The number of carbonyl (C=O) groups excluding carboxylic acids is 2. The van der Waals surface area contributed by atoms with Crippen molar-refractivity contribution < 1.29 is 19.1 Å².